The molecule has 0 bridgehead atoms. The van der Waals surface area contributed by atoms with E-state index in [0.717, 1.165) is 18.5 Å². The summed E-state index contributed by atoms with van der Waals surface area (Å²) < 4.78 is 0. The Morgan fingerprint density at radius 3 is 3.18 bits per heavy atom. The number of benzene rings is 1. The van der Waals surface area contributed by atoms with Crippen molar-refractivity contribution in [3.63, 3.8) is 0 Å². The second-order valence-electron chi connectivity index (χ2n) is 5.19. The first-order chi connectivity index (χ1) is 8.24. The van der Waals surface area contributed by atoms with Crippen LogP contribution in [0.3, 0.4) is 0 Å². The molecule has 3 N–H and O–H groups in total. The third-order valence-corrected chi connectivity index (χ3v) is 4.01. The summed E-state index contributed by atoms with van der Waals surface area (Å²) in [6, 6.07) is 7.04. The van der Waals surface area contributed by atoms with E-state index in [9.17, 15) is 4.79 Å². The van der Waals surface area contributed by atoms with Gasteiger partial charge in [-0.2, -0.15) is 0 Å². The highest BCUT2D eigenvalue weighted by molar-refractivity contribution is 5.76. The van der Waals surface area contributed by atoms with Gasteiger partial charge in [0.2, 0.25) is 5.91 Å². The molecule has 1 fully saturated rings. The molecule has 3 nitrogen and oxygen atoms in total. The Bertz CT molecular complexity index is 456. The summed E-state index contributed by atoms with van der Waals surface area (Å²) in [5.74, 6) is 0.430. The molecule has 17 heavy (non-hydrogen) atoms. The lowest BCUT2D eigenvalue weighted by Crippen LogP contribution is -2.37. The lowest BCUT2D eigenvalue weighted by molar-refractivity contribution is -0.117. The van der Waals surface area contributed by atoms with Gasteiger partial charge in [-0.3, -0.25) is 4.79 Å². The minimum absolute atomic E-state index is 0.251. The summed E-state index contributed by atoms with van der Waals surface area (Å²) in [6.45, 7) is 1.14. The van der Waals surface area contributed by atoms with Crippen LogP contribution in [-0.2, 0) is 17.6 Å². The van der Waals surface area contributed by atoms with Gasteiger partial charge in [-0.15, -0.1) is 0 Å². The average Bonchev–Trinajstić information content (AvgIpc) is 2.65. The van der Waals surface area contributed by atoms with Crippen LogP contribution in [-0.4, -0.2) is 18.5 Å². The fourth-order valence-corrected chi connectivity index (χ4v) is 3.29. The number of primary amides is 1. The van der Waals surface area contributed by atoms with Crippen molar-refractivity contribution in [2.75, 3.05) is 6.54 Å². The molecule has 0 saturated carbocycles. The molecule has 0 aromatic heterocycles. The average molecular weight is 230 g/mol. The summed E-state index contributed by atoms with van der Waals surface area (Å²) in [6.07, 6.45) is 4.02. The molecule has 1 heterocycles. The van der Waals surface area contributed by atoms with Crippen LogP contribution in [0.2, 0.25) is 0 Å². The molecule has 2 aliphatic rings. The molecule has 1 aromatic rings. The zero-order valence-electron chi connectivity index (χ0n) is 9.91. The smallest absolute Gasteiger partial charge is 0.221 e. The molecule has 2 atom stereocenters. The highest BCUT2D eigenvalue weighted by Gasteiger charge is 2.33. The van der Waals surface area contributed by atoms with Crippen LogP contribution in [0.25, 0.3) is 0 Å². The molecule has 1 amide bonds. The van der Waals surface area contributed by atoms with Gasteiger partial charge in [0.25, 0.3) is 0 Å². The highest BCUT2D eigenvalue weighted by Crippen LogP contribution is 2.38. The lowest BCUT2D eigenvalue weighted by Gasteiger charge is -2.27. The van der Waals surface area contributed by atoms with Gasteiger partial charge in [-0.1, -0.05) is 18.2 Å². The Balaban J connectivity index is 1.88. The highest BCUT2D eigenvalue weighted by atomic mass is 16.1. The topological polar surface area (TPSA) is 55.1 Å². The van der Waals surface area contributed by atoms with Crippen molar-refractivity contribution in [3.05, 3.63) is 34.9 Å². The molecule has 1 saturated heterocycles. The van der Waals surface area contributed by atoms with Crippen LogP contribution >= 0.6 is 0 Å². The van der Waals surface area contributed by atoms with Gasteiger partial charge in [0.15, 0.2) is 0 Å². The summed E-state index contributed by atoms with van der Waals surface area (Å²) >= 11 is 0. The Hall–Kier alpha value is -1.35. The van der Waals surface area contributed by atoms with Gasteiger partial charge in [-0.25, -0.2) is 0 Å². The zero-order valence-corrected chi connectivity index (χ0v) is 9.91. The molecule has 3 heteroatoms. The Kier molecular flexibility index (Phi) is 2.63. The predicted molar refractivity (Wildman–Crippen MR) is 66.8 cm³/mol. The van der Waals surface area contributed by atoms with Gasteiger partial charge >= 0.3 is 0 Å². The fraction of sp³-hybridized carbons (Fsp3) is 0.500. The largest absolute Gasteiger partial charge is 0.369 e. The Morgan fingerprint density at radius 2 is 2.35 bits per heavy atom. The zero-order chi connectivity index (χ0) is 11.8. The third kappa shape index (κ3) is 1.95. The van der Waals surface area contributed by atoms with Crippen LogP contribution in [0.15, 0.2) is 18.2 Å². The van der Waals surface area contributed by atoms with E-state index in [2.05, 4.69) is 23.5 Å². The van der Waals surface area contributed by atoms with E-state index in [4.69, 9.17) is 5.73 Å². The van der Waals surface area contributed by atoms with Crippen molar-refractivity contribution >= 4 is 5.91 Å². The second-order valence-corrected chi connectivity index (χ2v) is 5.19. The van der Waals surface area contributed by atoms with Crippen LogP contribution < -0.4 is 11.1 Å². The van der Waals surface area contributed by atoms with Gasteiger partial charge in [0, 0.05) is 6.04 Å². The summed E-state index contributed by atoms with van der Waals surface area (Å²) in [5.41, 5.74) is 9.18. The van der Waals surface area contributed by atoms with Crippen LogP contribution in [0.5, 0.6) is 0 Å². The number of fused-ring (bicyclic) bond motifs is 3. The minimum Gasteiger partial charge on any atom is -0.369 e. The molecule has 0 spiro atoms. The molecule has 0 radical (unpaired) electrons. The van der Waals surface area contributed by atoms with Gasteiger partial charge in [-0.05, 0) is 48.4 Å². The second kappa shape index (κ2) is 4.15. The van der Waals surface area contributed by atoms with Gasteiger partial charge < -0.3 is 11.1 Å². The van der Waals surface area contributed by atoms with Crippen LogP contribution in [0.1, 0.15) is 35.4 Å². The summed E-state index contributed by atoms with van der Waals surface area (Å²) in [5, 5.41) is 3.60. The maximum Gasteiger partial charge on any atom is 0.221 e. The van der Waals surface area contributed by atoms with E-state index in [1.165, 1.54) is 24.0 Å². The third-order valence-electron chi connectivity index (χ3n) is 4.01. The standard InChI is InChI=1S/C14H18N2O/c15-14(17)7-9-3-4-11-10(6-9)8-13-12(11)2-1-5-16-13/h3-4,6,12-13,16H,1-2,5,7-8H2,(H2,15,17). The number of carbonyl (C=O) groups excluding carboxylic acids is 1. The number of piperidine rings is 1. The normalized spacial score (nSPS) is 26.4. The number of nitrogens with two attached hydrogens (primary N) is 1. The first-order valence-electron chi connectivity index (χ1n) is 6.37. The number of carbonyl (C=O) groups is 1. The number of hydrogen-bond acceptors (Lipinski definition) is 2. The first-order valence-corrected chi connectivity index (χ1v) is 6.37. The van der Waals surface area contributed by atoms with Crippen LogP contribution in [0.4, 0.5) is 0 Å². The predicted octanol–water partition coefficient (Wildman–Crippen LogP) is 1.11. The molecule has 1 aliphatic carbocycles. The molecule has 90 valence electrons. The van der Waals surface area contributed by atoms with Crippen molar-refractivity contribution in [2.24, 2.45) is 5.73 Å². The number of nitrogens with one attached hydrogen (secondary N) is 1. The molecular formula is C14H18N2O. The Labute approximate surface area is 101 Å². The summed E-state index contributed by atoms with van der Waals surface area (Å²) in [7, 11) is 0. The fourth-order valence-electron chi connectivity index (χ4n) is 3.29. The van der Waals surface area contributed by atoms with Crippen molar-refractivity contribution in [2.45, 2.75) is 37.6 Å². The quantitative estimate of drug-likeness (QED) is 0.799. The molecule has 1 aromatic carbocycles. The van der Waals surface area contributed by atoms with E-state index in [0.29, 0.717) is 18.4 Å². The van der Waals surface area contributed by atoms with E-state index in [1.807, 2.05) is 0 Å². The molecule has 2 unspecified atom stereocenters. The minimum atomic E-state index is -0.251. The van der Waals surface area contributed by atoms with Crippen molar-refractivity contribution < 1.29 is 4.79 Å². The molecular weight excluding hydrogens is 212 g/mol. The first kappa shape index (κ1) is 10.8. The number of rotatable bonds is 2. The van der Waals surface area contributed by atoms with Crippen molar-refractivity contribution in [1.82, 2.24) is 5.32 Å². The van der Waals surface area contributed by atoms with Gasteiger partial charge in [0.1, 0.15) is 0 Å². The monoisotopic (exact) mass is 230 g/mol. The van der Waals surface area contributed by atoms with Gasteiger partial charge in [0.05, 0.1) is 6.42 Å². The van der Waals surface area contributed by atoms with E-state index in [1.54, 1.807) is 0 Å². The van der Waals surface area contributed by atoms with E-state index in [-0.39, 0.29) is 5.91 Å². The van der Waals surface area contributed by atoms with Crippen molar-refractivity contribution in [3.8, 4) is 0 Å². The maximum absolute atomic E-state index is 10.9. The van der Waals surface area contributed by atoms with E-state index < -0.39 is 0 Å². The maximum atomic E-state index is 10.9. The lowest BCUT2D eigenvalue weighted by atomic mass is 9.90. The SMILES string of the molecule is NC(=O)Cc1ccc2c(c1)CC1NCCCC21. The molecule has 3 rings (SSSR count). The van der Waals surface area contributed by atoms with E-state index >= 15 is 0 Å². The Morgan fingerprint density at radius 1 is 1.47 bits per heavy atom. The summed E-state index contributed by atoms with van der Waals surface area (Å²) in [4.78, 5) is 10.9. The molecule has 1 aliphatic heterocycles. The number of hydrogen-bond donors (Lipinski definition) is 2. The van der Waals surface area contributed by atoms with Crippen LogP contribution in [0, 0.1) is 0 Å². The van der Waals surface area contributed by atoms with Crippen molar-refractivity contribution in [1.29, 1.82) is 0 Å². The number of amides is 1.